The van der Waals surface area contributed by atoms with Gasteiger partial charge in [0.05, 0.1) is 6.42 Å². The Hall–Kier alpha value is -3.73. The van der Waals surface area contributed by atoms with Crippen LogP contribution in [0.15, 0.2) is 48.7 Å². The molecule has 2 saturated heterocycles. The molecule has 1 spiro atoms. The fourth-order valence-electron chi connectivity index (χ4n) is 6.59. The number of benzene rings is 1. The third-order valence-corrected chi connectivity index (χ3v) is 9.17. The lowest BCUT2D eigenvalue weighted by molar-refractivity contribution is -0.148. The molecule has 0 radical (unpaired) electrons. The molecule has 6 rings (SSSR count). The Bertz CT molecular complexity index is 1500. The predicted octanol–water partition coefficient (Wildman–Crippen LogP) is 4.88. The summed E-state index contributed by atoms with van der Waals surface area (Å²) in [6.45, 7) is 4.41. The van der Waals surface area contributed by atoms with Crippen molar-refractivity contribution in [2.45, 2.75) is 57.5 Å². The summed E-state index contributed by atoms with van der Waals surface area (Å²) in [6.07, 6.45) is 3.38. The zero-order valence-corrected chi connectivity index (χ0v) is 24.2. The molecular formula is C32H37F3N6O2. The van der Waals surface area contributed by atoms with Gasteiger partial charge in [-0.25, -0.2) is 9.50 Å². The maximum atomic E-state index is 13.2. The Morgan fingerprint density at radius 1 is 1.00 bits per heavy atom. The van der Waals surface area contributed by atoms with Crippen molar-refractivity contribution >= 4 is 23.0 Å². The van der Waals surface area contributed by atoms with Crippen molar-refractivity contribution in [2.24, 2.45) is 5.41 Å². The lowest BCUT2D eigenvalue weighted by atomic mass is 9.73. The second-order valence-corrected chi connectivity index (χ2v) is 12.1. The number of nitrogens with zero attached hydrogens (tertiary/aromatic N) is 5. The number of amides is 2. The van der Waals surface area contributed by atoms with Gasteiger partial charge in [0.2, 0.25) is 5.91 Å². The van der Waals surface area contributed by atoms with Gasteiger partial charge in [0.1, 0.15) is 0 Å². The highest BCUT2D eigenvalue weighted by molar-refractivity contribution is 5.94. The maximum absolute atomic E-state index is 13.2. The van der Waals surface area contributed by atoms with Crippen LogP contribution in [0.25, 0.3) is 11.2 Å². The Labute approximate surface area is 248 Å². The van der Waals surface area contributed by atoms with E-state index < -0.39 is 24.9 Å². The Balaban J connectivity index is 1.08. The average molecular weight is 595 g/mol. The lowest BCUT2D eigenvalue weighted by Crippen LogP contribution is -2.49. The minimum atomic E-state index is -4.34. The number of piperidine rings is 2. The minimum absolute atomic E-state index is 0.0852. The normalized spacial score (nSPS) is 19.1. The van der Waals surface area contributed by atoms with Crippen LogP contribution in [0.5, 0.6) is 0 Å². The third kappa shape index (κ3) is 6.76. The molecule has 228 valence electrons. The topological polar surface area (TPSA) is 82.8 Å². The number of nitrogens with one attached hydrogen (secondary N) is 1. The van der Waals surface area contributed by atoms with Crippen molar-refractivity contribution in [3.8, 4) is 0 Å². The number of hydrogen-bond donors (Lipinski definition) is 1. The number of rotatable bonds is 6. The van der Waals surface area contributed by atoms with E-state index in [1.807, 2.05) is 53.6 Å². The molecule has 0 saturated carbocycles. The summed E-state index contributed by atoms with van der Waals surface area (Å²) < 4.78 is 39.3. The highest BCUT2D eigenvalue weighted by Crippen LogP contribution is 2.37. The molecule has 0 unspecified atom stereocenters. The van der Waals surface area contributed by atoms with Gasteiger partial charge in [0, 0.05) is 62.9 Å². The molecular weight excluding hydrogens is 557 g/mol. The fourth-order valence-corrected chi connectivity index (χ4v) is 6.59. The smallest absolute Gasteiger partial charge is 0.339 e. The molecule has 2 aromatic heterocycles. The van der Waals surface area contributed by atoms with E-state index in [0.717, 1.165) is 55.7 Å². The zero-order valence-electron chi connectivity index (χ0n) is 24.2. The zero-order chi connectivity index (χ0) is 30.0. The van der Waals surface area contributed by atoms with Gasteiger partial charge in [0.15, 0.2) is 11.5 Å². The predicted molar refractivity (Wildman–Crippen MR) is 156 cm³/mol. The Morgan fingerprint density at radius 3 is 2.47 bits per heavy atom. The SMILES string of the molecule is O=C(CCC(F)(F)F)N1CC=C(c2cccn3nc(Cc4ccc(C(=O)N5CCC6(CCCNC6)CC5)cc4)nc23)CC1. The molecule has 5 heterocycles. The maximum Gasteiger partial charge on any atom is 0.389 e. The molecule has 0 bridgehead atoms. The van der Waals surface area contributed by atoms with Crippen LogP contribution in [-0.4, -0.2) is 81.7 Å². The van der Waals surface area contributed by atoms with Crippen LogP contribution in [0.3, 0.4) is 0 Å². The van der Waals surface area contributed by atoms with E-state index in [2.05, 4.69) is 10.4 Å². The molecule has 0 atom stereocenters. The first kappa shape index (κ1) is 29.3. The molecule has 43 heavy (non-hydrogen) atoms. The third-order valence-electron chi connectivity index (χ3n) is 9.17. The number of aromatic nitrogens is 3. The van der Waals surface area contributed by atoms with Crippen molar-refractivity contribution in [3.63, 3.8) is 0 Å². The number of hydrogen-bond acceptors (Lipinski definition) is 5. The van der Waals surface area contributed by atoms with Gasteiger partial charge in [-0.3, -0.25) is 9.59 Å². The number of halogens is 3. The van der Waals surface area contributed by atoms with Gasteiger partial charge < -0.3 is 15.1 Å². The highest BCUT2D eigenvalue weighted by atomic mass is 19.4. The standard InChI is InChI=1S/C32H37F3N6O2/c33-32(34,35)12-8-28(42)39-17-9-24(10-18-39)26-3-1-16-41-29(26)37-27(38-41)21-23-4-6-25(7-5-23)30(43)40-19-13-31(14-20-40)11-2-15-36-22-31/h1,3-7,9,16,36H,2,8,10-15,17-22H2. The van der Waals surface area contributed by atoms with Gasteiger partial charge >= 0.3 is 6.18 Å². The summed E-state index contributed by atoms with van der Waals surface area (Å²) in [5.41, 5.74) is 4.65. The minimum Gasteiger partial charge on any atom is -0.339 e. The van der Waals surface area contributed by atoms with Crippen LogP contribution in [0.2, 0.25) is 0 Å². The van der Waals surface area contributed by atoms with Crippen molar-refractivity contribution in [1.29, 1.82) is 0 Å². The van der Waals surface area contributed by atoms with Crippen LogP contribution < -0.4 is 5.32 Å². The number of carbonyl (C=O) groups is 2. The molecule has 2 fully saturated rings. The summed E-state index contributed by atoms with van der Waals surface area (Å²) in [5.74, 6) is 0.251. The molecule has 3 aromatic rings. The van der Waals surface area contributed by atoms with Crippen LogP contribution in [0.1, 0.15) is 72.3 Å². The van der Waals surface area contributed by atoms with Gasteiger partial charge in [0.25, 0.3) is 5.91 Å². The van der Waals surface area contributed by atoms with Crippen LogP contribution in [0, 0.1) is 5.41 Å². The molecule has 3 aliphatic heterocycles. The van der Waals surface area contributed by atoms with Gasteiger partial charge in [-0.1, -0.05) is 18.2 Å². The van der Waals surface area contributed by atoms with Crippen molar-refractivity contribution < 1.29 is 22.8 Å². The van der Waals surface area contributed by atoms with E-state index in [4.69, 9.17) is 4.98 Å². The van der Waals surface area contributed by atoms with Crippen molar-refractivity contribution in [1.82, 2.24) is 29.7 Å². The Morgan fingerprint density at radius 2 is 1.79 bits per heavy atom. The van der Waals surface area contributed by atoms with Crippen LogP contribution in [0.4, 0.5) is 13.2 Å². The summed E-state index contributed by atoms with van der Waals surface area (Å²) in [6, 6.07) is 11.5. The number of carbonyl (C=O) groups excluding carboxylic acids is 2. The first-order valence-corrected chi connectivity index (χ1v) is 15.2. The molecule has 8 nitrogen and oxygen atoms in total. The summed E-state index contributed by atoms with van der Waals surface area (Å²) in [4.78, 5) is 33.7. The van der Waals surface area contributed by atoms with E-state index in [1.54, 1.807) is 4.52 Å². The van der Waals surface area contributed by atoms with Crippen molar-refractivity contribution in [2.75, 3.05) is 39.3 Å². The van der Waals surface area contributed by atoms with Crippen LogP contribution >= 0.6 is 0 Å². The van der Waals surface area contributed by atoms with Gasteiger partial charge in [-0.2, -0.15) is 18.3 Å². The average Bonchev–Trinajstić information content (AvgIpc) is 3.43. The summed E-state index contributed by atoms with van der Waals surface area (Å²) in [5, 5.41) is 8.18. The van der Waals surface area contributed by atoms with E-state index >= 15 is 0 Å². The van der Waals surface area contributed by atoms with Crippen molar-refractivity contribution in [3.05, 3.63) is 71.2 Å². The first-order chi connectivity index (χ1) is 20.7. The lowest BCUT2D eigenvalue weighted by Gasteiger charge is -2.44. The summed E-state index contributed by atoms with van der Waals surface area (Å²) >= 11 is 0. The molecule has 2 amide bonds. The number of alkyl halides is 3. The molecule has 11 heteroatoms. The number of pyridine rings is 1. The van der Waals surface area contributed by atoms with E-state index in [1.165, 1.54) is 17.7 Å². The second-order valence-electron chi connectivity index (χ2n) is 12.1. The molecule has 1 N–H and O–H groups in total. The summed E-state index contributed by atoms with van der Waals surface area (Å²) in [7, 11) is 0. The number of fused-ring (bicyclic) bond motifs is 1. The highest BCUT2D eigenvalue weighted by Gasteiger charge is 2.37. The van der Waals surface area contributed by atoms with E-state index in [9.17, 15) is 22.8 Å². The molecule has 1 aromatic carbocycles. The number of likely N-dealkylation sites (tertiary alicyclic amines) is 1. The monoisotopic (exact) mass is 594 g/mol. The van der Waals surface area contributed by atoms with E-state index in [0.29, 0.717) is 41.8 Å². The van der Waals surface area contributed by atoms with Gasteiger partial charge in [-0.05, 0) is 79.5 Å². The van der Waals surface area contributed by atoms with Gasteiger partial charge in [-0.15, -0.1) is 0 Å². The van der Waals surface area contributed by atoms with Crippen LogP contribution in [-0.2, 0) is 11.2 Å². The second kappa shape index (κ2) is 12.1. The Kier molecular flexibility index (Phi) is 8.26. The molecule has 0 aliphatic carbocycles. The van der Waals surface area contributed by atoms with E-state index in [-0.39, 0.29) is 12.5 Å². The first-order valence-electron chi connectivity index (χ1n) is 15.2. The largest absolute Gasteiger partial charge is 0.389 e. The quantitative estimate of drug-likeness (QED) is 0.440. The molecule has 3 aliphatic rings. The fraction of sp³-hybridized carbons (Fsp3) is 0.500.